The fraction of sp³-hybridized carbons (Fsp3) is 0.182. The number of hydrogen-bond donors (Lipinski definition) is 1. The third kappa shape index (κ3) is 1.93. The number of anilines is 1. The van der Waals surface area contributed by atoms with Crippen molar-refractivity contribution in [3.63, 3.8) is 0 Å². The number of rotatable bonds is 2. The van der Waals surface area contributed by atoms with Gasteiger partial charge in [-0.3, -0.25) is 10.1 Å². The molecule has 0 atom stereocenters. The highest BCUT2D eigenvalue weighted by atomic mass is 16.5. The van der Waals surface area contributed by atoms with Gasteiger partial charge in [0.1, 0.15) is 11.3 Å². The fourth-order valence-corrected chi connectivity index (χ4v) is 1.30. The van der Waals surface area contributed by atoms with E-state index in [9.17, 15) is 4.79 Å². The van der Waals surface area contributed by atoms with Gasteiger partial charge in [-0.15, -0.1) is 0 Å². The molecule has 0 aliphatic carbocycles. The van der Waals surface area contributed by atoms with Crippen molar-refractivity contribution in [2.45, 2.75) is 6.92 Å². The van der Waals surface area contributed by atoms with E-state index in [1.165, 1.54) is 6.92 Å². The molecule has 1 heterocycles. The number of furan rings is 1. The van der Waals surface area contributed by atoms with Crippen molar-refractivity contribution < 1.29 is 13.9 Å². The molecule has 2 aromatic rings. The van der Waals surface area contributed by atoms with Crippen molar-refractivity contribution in [1.82, 2.24) is 0 Å². The second-order valence-electron chi connectivity index (χ2n) is 3.10. The fourth-order valence-electron chi connectivity index (χ4n) is 1.30. The van der Waals surface area contributed by atoms with Crippen molar-refractivity contribution in [3.8, 4) is 5.75 Å². The third-order valence-corrected chi connectivity index (χ3v) is 1.93. The summed E-state index contributed by atoms with van der Waals surface area (Å²) in [5.74, 6) is 0.856. The molecule has 1 aromatic carbocycles. The van der Waals surface area contributed by atoms with Crippen LogP contribution in [0.5, 0.6) is 5.75 Å². The van der Waals surface area contributed by atoms with E-state index in [1.54, 1.807) is 19.2 Å². The lowest BCUT2D eigenvalue weighted by atomic mass is 10.2. The zero-order valence-electron chi connectivity index (χ0n) is 8.46. The Balaban J connectivity index is 2.42. The molecule has 1 N–H and O–H groups in total. The van der Waals surface area contributed by atoms with E-state index >= 15 is 0 Å². The largest absolute Gasteiger partial charge is 0.496 e. The molecule has 0 bridgehead atoms. The van der Waals surface area contributed by atoms with Crippen LogP contribution in [0.25, 0.3) is 11.0 Å². The number of hydrogen-bond acceptors (Lipinski definition) is 3. The molecule has 77 valence electrons. The Morgan fingerprint density at radius 1 is 1.53 bits per heavy atom. The number of ether oxygens (including phenoxy) is 1. The predicted molar refractivity (Wildman–Crippen MR) is 55.9 cm³/mol. The summed E-state index contributed by atoms with van der Waals surface area (Å²) in [4.78, 5) is 10.8. The van der Waals surface area contributed by atoms with Gasteiger partial charge in [-0.2, -0.15) is 0 Å². The normalized spacial score (nSPS) is 10.3. The summed E-state index contributed by atoms with van der Waals surface area (Å²) in [5, 5.41) is 3.44. The molecule has 4 nitrogen and oxygen atoms in total. The first-order chi connectivity index (χ1) is 7.19. The van der Waals surface area contributed by atoms with Gasteiger partial charge in [-0.25, -0.2) is 0 Å². The lowest BCUT2D eigenvalue weighted by molar-refractivity contribution is -0.114. The minimum atomic E-state index is -0.166. The number of amides is 1. The summed E-state index contributed by atoms with van der Waals surface area (Å²) in [6.07, 6.45) is 0. The Hall–Kier alpha value is -1.97. The molecule has 1 aromatic heterocycles. The number of fused-ring (bicyclic) bond motifs is 1. The number of benzene rings is 1. The number of methoxy groups -OCH3 is 1. The second-order valence-corrected chi connectivity index (χ2v) is 3.10. The highest BCUT2D eigenvalue weighted by Gasteiger charge is 2.05. The van der Waals surface area contributed by atoms with Crippen LogP contribution in [-0.4, -0.2) is 13.0 Å². The van der Waals surface area contributed by atoms with Crippen LogP contribution in [-0.2, 0) is 4.79 Å². The quantitative estimate of drug-likeness (QED) is 0.815. The van der Waals surface area contributed by atoms with Crippen LogP contribution in [0.1, 0.15) is 6.92 Å². The Kier molecular flexibility index (Phi) is 2.33. The average Bonchev–Trinajstić information content (AvgIpc) is 2.57. The highest BCUT2D eigenvalue weighted by molar-refractivity contribution is 5.91. The molecular weight excluding hydrogens is 194 g/mol. The second kappa shape index (κ2) is 3.65. The standard InChI is InChI=1S/C11H10NO3/c1-7(13)12-11-5-8-3-4-9(14-2)6-10(8)15-11/h3-5H,1-2H3,(H,12,13). The van der Waals surface area contributed by atoms with E-state index in [2.05, 4.69) is 11.4 Å². The molecule has 1 amide bonds. The lowest BCUT2D eigenvalue weighted by Crippen LogP contribution is -2.04. The SMILES string of the molecule is COc1[c]c2oc(NC(C)=O)cc2cc1. The van der Waals surface area contributed by atoms with Gasteiger partial charge in [0.25, 0.3) is 0 Å². The predicted octanol–water partition coefficient (Wildman–Crippen LogP) is 2.20. The van der Waals surface area contributed by atoms with Gasteiger partial charge >= 0.3 is 0 Å². The van der Waals surface area contributed by atoms with Gasteiger partial charge in [0.15, 0.2) is 0 Å². The minimum absolute atomic E-state index is 0.166. The molecule has 4 heteroatoms. The monoisotopic (exact) mass is 204 g/mol. The van der Waals surface area contributed by atoms with Crippen LogP contribution in [0.2, 0.25) is 0 Å². The maximum Gasteiger partial charge on any atom is 0.223 e. The summed E-state index contributed by atoms with van der Waals surface area (Å²) in [5.41, 5.74) is 0.568. The zero-order valence-corrected chi connectivity index (χ0v) is 8.46. The van der Waals surface area contributed by atoms with E-state index in [-0.39, 0.29) is 5.91 Å². The third-order valence-electron chi connectivity index (χ3n) is 1.93. The first-order valence-corrected chi connectivity index (χ1v) is 4.46. The maximum absolute atomic E-state index is 10.8. The van der Waals surface area contributed by atoms with Crippen LogP contribution in [0.15, 0.2) is 22.6 Å². The number of carbonyl (C=O) groups is 1. The van der Waals surface area contributed by atoms with Gasteiger partial charge in [-0.05, 0) is 12.1 Å². The van der Waals surface area contributed by atoms with E-state index in [0.29, 0.717) is 17.2 Å². The molecule has 0 aliphatic heterocycles. The van der Waals surface area contributed by atoms with Gasteiger partial charge in [0.05, 0.1) is 13.2 Å². The molecule has 1 radical (unpaired) electrons. The lowest BCUT2D eigenvalue weighted by Gasteiger charge is -1.96. The molecule has 2 rings (SSSR count). The highest BCUT2D eigenvalue weighted by Crippen LogP contribution is 2.25. The first kappa shape index (κ1) is 9.58. The Morgan fingerprint density at radius 2 is 2.33 bits per heavy atom. The van der Waals surface area contributed by atoms with Crippen molar-refractivity contribution in [2.24, 2.45) is 0 Å². The summed E-state index contributed by atoms with van der Waals surface area (Å²) in [6.45, 7) is 1.43. The Bertz CT molecular complexity index is 502. The van der Waals surface area contributed by atoms with E-state index in [1.807, 2.05) is 6.07 Å². The minimum Gasteiger partial charge on any atom is -0.496 e. The van der Waals surface area contributed by atoms with E-state index in [0.717, 1.165) is 5.39 Å². The molecule has 0 saturated heterocycles. The van der Waals surface area contributed by atoms with Gasteiger partial charge in [-0.1, -0.05) is 0 Å². The molecule has 0 fully saturated rings. The Morgan fingerprint density at radius 3 is 3.00 bits per heavy atom. The molecule has 0 spiro atoms. The van der Waals surface area contributed by atoms with Crippen molar-refractivity contribution in [1.29, 1.82) is 0 Å². The number of carbonyl (C=O) groups excluding carboxylic acids is 1. The van der Waals surface area contributed by atoms with Gasteiger partial charge in [0.2, 0.25) is 11.8 Å². The van der Waals surface area contributed by atoms with Crippen LogP contribution in [0.3, 0.4) is 0 Å². The summed E-state index contributed by atoms with van der Waals surface area (Å²) >= 11 is 0. The van der Waals surface area contributed by atoms with Gasteiger partial charge < -0.3 is 9.15 Å². The van der Waals surface area contributed by atoms with E-state index in [4.69, 9.17) is 9.15 Å². The van der Waals surface area contributed by atoms with Crippen molar-refractivity contribution in [2.75, 3.05) is 12.4 Å². The summed E-state index contributed by atoms with van der Waals surface area (Å²) in [7, 11) is 1.56. The molecule has 0 saturated carbocycles. The average molecular weight is 204 g/mol. The molecule has 15 heavy (non-hydrogen) atoms. The van der Waals surface area contributed by atoms with Gasteiger partial charge in [0, 0.05) is 18.4 Å². The van der Waals surface area contributed by atoms with Crippen LogP contribution < -0.4 is 10.1 Å². The molecule has 0 aliphatic rings. The van der Waals surface area contributed by atoms with Crippen molar-refractivity contribution in [3.05, 3.63) is 24.3 Å². The topological polar surface area (TPSA) is 51.5 Å². The molecule has 0 unspecified atom stereocenters. The molecular formula is C11H10NO3. The van der Waals surface area contributed by atoms with Crippen molar-refractivity contribution >= 4 is 22.8 Å². The first-order valence-electron chi connectivity index (χ1n) is 4.46. The number of nitrogens with one attached hydrogen (secondary N) is 1. The van der Waals surface area contributed by atoms with Crippen LogP contribution >= 0.6 is 0 Å². The Labute approximate surface area is 86.8 Å². The smallest absolute Gasteiger partial charge is 0.223 e. The summed E-state index contributed by atoms with van der Waals surface area (Å²) in [6, 6.07) is 8.31. The summed E-state index contributed by atoms with van der Waals surface area (Å²) < 4.78 is 10.4. The van der Waals surface area contributed by atoms with E-state index < -0.39 is 0 Å². The maximum atomic E-state index is 10.8. The van der Waals surface area contributed by atoms with Crippen LogP contribution in [0, 0.1) is 6.07 Å². The zero-order chi connectivity index (χ0) is 10.8. The van der Waals surface area contributed by atoms with Crippen LogP contribution in [0.4, 0.5) is 5.88 Å².